The average molecular weight is 336 g/mol. The van der Waals surface area contributed by atoms with E-state index >= 15 is 0 Å². The van der Waals surface area contributed by atoms with Crippen LogP contribution in [-0.4, -0.2) is 5.11 Å². The standard InChI is InChI=1S/C21H18ClNO/c1-21(2)17-11-13-7-8-16(24)10-14(13)9-15(17)12-20(21)23-19-6-4-3-5-18(19)22/h3-12,23-24H,1-2H3. The van der Waals surface area contributed by atoms with E-state index in [1.165, 1.54) is 11.1 Å². The number of phenols is 1. The summed E-state index contributed by atoms with van der Waals surface area (Å²) in [6, 6.07) is 17.6. The predicted octanol–water partition coefficient (Wildman–Crippen LogP) is 5.94. The van der Waals surface area contributed by atoms with Gasteiger partial charge in [0.05, 0.1) is 10.7 Å². The lowest BCUT2D eigenvalue weighted by Gasteiger charge is -2.26. The van der Waals surface area contributed by atoms with Crippen LogP contribution in [0.5, 0.6) is 5.75 Å². The Labute approximate surface area is 146 Å². The maximum Gasteiger partial charge on any atom is 0.116 e. The van der Waals surface area contributed by atoms with Crippen molar-refractivity contribution in [1.82, 2.24) is 0 Å². The molecule has 0 amide bonds. The van der Waals surface area contributed by atoms with Gasteiger partial charge < -0.3 is 10.4 Å². The summed E-state index contributed by atoms with van der Waals surface area (Å²) in [4.78, 5) is 0. The van der Waals surface area contributed by atoms with Crippen LogP contribution < -0.4 is 5.32 Å². The van der Waals surface area contributed by atoms with Gasteiger partial charge in [0.1, 0.15) is 5.75 Å². The molecular formula is C21H18ClNO. The quantitative estimate of drug-likeness (QED) is 0.607. The summed E-state index contributed by atoms with van der Waals surface area (Å²) in [6.07, 6.45) is 2.17. The highest BCUT2D eigenvalue weighted by molar-refractivity contribution is 6.33. The van der Waals surface area contributed by atoms with Crippen LogP contribution in [0.1, 0.15) is 25.0 Å². The third-order valence-electron chi connectivity index (χ3n) is 4.78. The highest BCUT2D eigenvalue weighted by atomic mass is 35.5. The lowest BCUT2D eigenvalue weighted by Crippen LogP contribution is -2.22. The summed E-state index contributed by atoms with van der Waals surface area (Å²) < 4.78 is 0. The van der Waals surface area contributed by atoms with Crippen LogP contribution in [-0.2, 0) is 5.41 Å². The number of allylic oxidation sites excluding steroid dienone is 1. The maximum atomic E-state index is 9.72. The van der Waals surface area contributed by atoms with E-state index in [0.717, 1.165) is 22.2 Å². The van der Waals surface area contributed by atoms with Gasteiger partial charge in [0.25, 0.3) is 0 Å². The Bertz CT molecular complexity index is 988. The van der Waals surface area contributed by atoms with Crippen LogP contribution in [0.25, 0.3) is 16.8 Å². The van der Waals surface area contributed by atoms with Gasteiger partial charge in [-0.1, -0.05) is 43.6 Å². The normalized spacial score (nSPS) is 15.2. The number of halogens is 1. The van der Waals surface area contributed by atoms with E-state index < -0.39 is 0 Å². The third-order valence-corrected chi connectivity index (χ3v) is 5.11. The van der Waals surface area contributed by atoms with Crippen molar-refractivity contribution >= 4 is 34.1 Å². The molecule has 0 fully saturated rings. The minimum absolute atomic E-state index is 0.138. The molecule has 120 valence electrons. The Morgan fingerprint density at radius 3 is 2.54 bits per heavy atom. The Hall–Kier alpha value is -2.45. The second-order valence-corrected chi connectivity index (χ2v) is 7.17. The summed E-state index contributed by atoms with van der Waals surface area (Å²) in [5.41, 5.74) is 4.34. The SMILES string of the molecule is CC1(C)C(Nc2ccccc2Cl)=Cc2cc3cc(O)ccc3cc21. The molecule has 1 aliphatic carbocycles. The number of rotatable bonds is 2. The summed E-state index contributed by atoms with van der Waals surface area (Å²) in [5.74, 6) is 0.290. The van der Waals surface area contributed by atoms with Gasteiger partial charge in [-0.05, 0) is 64.4 Å². The van der Waals surface area contributed by atoms with Crippen molar-refractivity contribution in [2.24, 2.45) is 0 Å². The molecule has 0 aliphatic heterocycles. The minimum Gasteiger partial charge on any atom is -0.508 e. The first-order valence-corrected chi connectivity index (χ1v) is 8.34. The number of fused-ring (bicyclic) bond motifs is 2. The van der Waals surface area contributed by atoms with Gasteiger partial charge in [0, 0.05) is 11.1 Å². The number of phenolic OH excluding ortho intramolecular Hbond substituents is 1. The number of aromatic hydroxyl groups is 1. The zero-order valence-corrected chi connectivity index (χ0v) is 14.4. The highest BCUT2D eigenvalue weighted by Gasteiger charge is 2.33. The van der Waals surface area contributed by atoms with Gasteiger partial charge in [0.15, 0.2) is 0 Å². The van der Waals surface area contributed by atoms with Gasteiger partial charge in [-0.2, -0.15) is 0 Å². The molecule has 0 heterocycles. The Kier molecular flexibility index (Phi) is 3.33. The number of nitrogens with one attached hydrogen (secondary N) is 1. The van der Waals surface area contributed by atoms with Crippen molar-refractivity contribution in [3.8, 4) is 5.75 Å². The lowest BCUT2D eigenvalue weighted by molar-refractivity contribution is 0.476. The summed E-state index contributed by atoms with van der Waals surface area (Å²) in [6.45, 7) is 4.42. The molecule has 2 nitrogen and oxygen atoms in total. The van der Waals surface area contributed by atoms with Crippen LogP contribution in [0.3, 0.4) is 0 Å². The Morgan fingerprint density at radius 2 is 1.75 bits per heavy atom. The van der Waals surface area contributed by atoms with E-state index in [1.807, 2.05) is 30.3 Å². The number of para-hydroxylation sites is 1. The first-order chi connectivity index (χ1) is 11.4. The fraction of sp³-hybridized carbons (Fsp3) is 0.143. The van der Waals surface area contributed by atoms with E-state index in [2.05, 4.69) is 37.4 Å². The van der Waals surface area contributed by atoms with Crippen molar-refractivity contribution in [1.29, 1.82) is 0 Å². The molecule has 4 rings (SSSR count). The molecule has 0 unspecified atom stereocenters. The van der Waals surface area contributed by atoms with Crippen LogP contribution in [0.15, 0.2) is 60.3 Å². The van der Waals surface area contributed by atoms with Crippen molar-refractivity contribution < 1.29 is 5.11 Å². The minimum atomic E-state index is -0.138. The van der Waals surface area contributed by atoms with Gasteiger partial charge in [0.2, 0.25) is 0 Å². The van der Waals surface area contributed by atoms with Gasteiger partial charge in [-0.25, -0.2) is 0 Å². The van der Waals surface area contributed by atoms with Crippen molar-refractivity contribution in [2.45, 2.75) is 19.3 Å². The van der Waals surface area contributed by atoms with Crippen molar-refractivity contribution in [3.63, 3.8) is 0 Å². The van der Waals surface area contributed by atoms with E-state index in [0.29, 0.717) is 5.02 Å². The fourth-order valence-electron chi connectivity index (χ4n) is 3.34. The zero-order valence-electron chi connectivity index (χ0n) is 13.6. The van der Waals surface area contributed by atoms with E-state index in [1.54, 1.807) is 12.1 Å². The second kappa shape index (κ2) is 5.29. The van der Waals surface area contributed by atoms with Gasteiger partial charge in [-0.3, -0.25) is 0 Å². The van der Waals surface area contributed by atoms with Crippen molar-refractivity contribution in [2.75, 3.05) is 5.32 Å². The molecule has 2 N–H and O–H groups in total. The van der Waals surface area contributed by atoms with E-state index in [4.69, 9.17) is 11.6 Å². The van der Waals surface area contributed by atoms with E-state index in [9.17, 15) is 5.11 Å². The number of anilines is 1. The number of benzene rings is 3. The van der Waals surface area contributed by atoms with Crippen LogP contribution in [0.2, 0.25) is 5.02 Å². The van der Waals surface area contributed by atoms with Crippen LogP contribution in [0.4, 0.5) is 5.69 Å². The largest absolute Gasteiger partial charge is 0.508 e. The maximum absolute atomic E-state index is 9.72. The summed E-state index contributed by atoms with van der Waals surface area (Å²) in [5, 5.41) is 16.1. The summed E-state index contributed by atoms with van der Waals surface area (Å²) in [7, 11) is 0. The molecule has 1 aliphatic rings. The smallest absolute Gasteiger partial charge is 0.116 e. The van der Waals surface area contributed by atoms with E-state index in [-0.39, 0.29) is 11.2 Å². The highest BCUT2D eigenvalue weighted by Crippen LogP contribution is 2.44. The predicted molar refractivity (Wildman–Crippen MR) is 102 cm³/mol. The molecule has 24 heavy (non-hydrogen) atoms. The Balaban J connectivity index is 1.81. The zero-order chi connectivity index (χ0) is 16.9. The molecule has 0 aromatic heterocycles. The lowest BCUT2D eigenvalue weighted by atomic mass is 9.83. The molecule has 0 radical (unpaired) electrons. The molecule has 3 aromatic carbocycles. The first-order valence-electron chi connectivity index (χ1n) is 7.96. The topological polar surface area (TPSA) is 32.3 Å². The summed E-state index contributed by atoms with van der Waals surface area (Å²) >= 11 is 6.29. The van der Waals surface area contributed by atoms with Crippen molar-refractivity contribution in [3.05, 3.63) is 76.4 Å². The van der Waals surface area contributed by atoms with Gasteiger partial charge in [-0.15, -0.1) is 0 Å². The fourth-order valence-corrected chi connectivity index (χ4v) is 3.53. The monoisotopic (exact) mass is 335 g/mol. The molecule has 0 spiro atoms. The third kappa shape index (κ3) is 2.35. The second-order valence-electron chi connectivity index (χ2n) is 6.76. The van der Waals surface area contributed by atoms with Crippen LogP contribution >= 0.6 is 11.6 Å². The number of hydrogen-bond donors (Lipinski definition) is 2. The molecule has 0 atom stereocenters. The average Bonchev–Trinajstić information content (AvgIpc) is 2.78. The molecule has 0 saturated carbocycles. The molecule has 3 heteroatoms. The Morgan fingerprint density at radius 1 is 0.958 bits per heavy atom. The molecule has 3 aromatic rings. The molecule has 0 saturated heterocycles. The van der Waals surface area contributed by atoms with Crippen LogP contribution in [0, 0.1) is 0 Å². The van der Waals surface area contributed by atoms with Gasteiger partial charge >= 0.3 is 0 Å². The number of hydrogen-bond acceptors (Lipinski definition) is 2. The molecular weight excluding hydrogens is 318 g/mol. The first kappa shape index (κ1) is 15.1. The molecule has 0 bridgehead atoms.